The molecule has 0 bridgehead atoms. The molecular formula is C34H64O8. The number of carboxylic acid groups (broad SMARTS) is 1. The van der Waals surface area contributed by atoms with Crippen LogP contribution in [0.2, 0.25) is 0 Å². The number of hydrogen-bond acceptors (Lipinski definition) is 7. The number of hydrogen-bond donors (Lipinski definition) is 1. The highest BCUT2D eigenvalue weighted by Gasteiger charge is 2.14. The largest absolute Gasteiger partial charge is 0.481 e. The molecule has 0 aromatic carbocycles. The SMILES string of the molecule is CCCCC(CC)COC(=O)CCC(=O)OCC(CC)CCCC.CCCCC(CC)COC(=O)CCCCC(=O)O. The molecule has 0 aromatic heterocycles. The van der Waals surface area contributed by atoms with Gasteiger partial charge in [0.05, 0.1) is 32.7 Å². The molecule has 0 amide bonds. The van der Waals surface area contributed by atoms with Gasteiger partial charge in [-0.15, -0.1) is 0 Å². The standard InChI is InChI=1S/C20H38O4.C14H26O4/c1-5-9-11-17(7-3)15-23-19(21)13-14-20(22)24-16-18(8-4)12-10-6-2;1-3-5-8-12(4-2)11-18-14(17)10-7-6-9-13(15)16/h17-18H,5-16H2,1-4H3;12H,3-11H2,1-2H3,(H,15,16). The molecule has 3 atom stereocenters. The zero-order chi connectivity index (χ0) is 32.0. The quantitative estimate of drug-likeness (QED) is 0.0595. The zero-order valence-corrected chi connectivity index (χ0v) is 27.9. The summed E-state index contributed by atoms with van der Waals surface area (Å²) in [6, 6.07) is 0. The van der Waals surface area contributed by atoms with Crippen LogP contribution in [0.3, 0.4) is 0 Å². The molecule has 0 aliphatic heterocycles. The Morgan fingerprint density at radius 2 is 0.786 bits per heavy atom. The van der Waals surface area contributed by atoms with E-state index in [-0.39, 0.29) is 37.2 Å². The highest BCUT2D eigenvalue weighted by atomic mass is 16.5. The fourth-order valence-corrected chi connectivity index (χ4v) is 4.29. The van der Waals surface area contributed by atoms with E-state index in [1.807, 2.05) is 0 Å². The second-order valence-corrected chi connectivity index (χ2v) is 11.4. The Hall–Kier alpha value is -2.12. The van der Waals surface area contributed by atoms with E-state index >= 15 is 0 Å². The van der Waals surface area contributed by atoms with Crippen molar-refractivity contribution < 1.29 is 38.5 Å². The van der Waals surface area contributed by atoms with Crippen molar-refractivity contribution >= 4 is 23.9 Å². The number of carboxylic acids is 1. The van der Waals surface area contributed by atoms with Gasteiger partial charge in [-0.05, 0) is 49.9 Å². The summed E-state index contributed by atoms with van der Waals surface area (Å²) in [6.45, 7) is 14.3. The highest BCUT2D eigenvalue weighted by molar-refractivity contribution is 5.77. The molecule has 0 aromatic rings. The van der Waals surface area contributed by atoms with Crippen molar-refractivity contribution in [3.8, 4) is 0 Å². The van der Waals surface area contributed by atoms with Gasteiger partial charge < -0.3 is 19.3 Å². The van der Waals surface area contributed by atoms with Gasteiger partial charge in [0.25, 0.3) is 0 Å². The van der Waals surface area contributed by atoms with Gasteiger partial charge in [-0.1, -0.05) is 99.3 Å². The summed E-state index contributed by atoms with van der Waals surface area (Å²) in [5.41, 5.74) is 0. The van der Waals surface area contributed by atoms with Crippen molar-refractivity contribution in [2.75, 3.05) is 19.8 Å². The van der Waals surface area contributed by atoms with E-state index in [0.717, 1.165) is 51.4 Å². The Morgan fingerprint density at radius 3 is 1.07 bits per heavy atom. The van der Waals surface area contributed by atoms with Crippen LogP contribution in [-0.2, 0) is 33.4 Å². The topological polar surface area (TPSA) is 116 Å². The smallest absolute Gasteiger partial charge is 0.306 e. The molecule has 42 heavy (non-hydrogen) atoms. The number of rotatable bonds is 26. The number of esters is 3. The van der Waals surface area contributed by atoms with Gasteiger partial charge in [-0.25, -0.2) is 0 Å². The first-order valence-corrected chi connectivity index (χ1v) is 16.8. The minimum absolute atomic E-state index is 0.120. The highest BCUT2D eigenvalue weighted by Crippen LogP contribution is 2.15. The summed E-state index contributed by atoms with van der Waals surface area (Å²) in [5, 5.41) is 8.45. The minimum Gasteiger partial charge on any atom is -0.481 e. The summed E-state index contributed by atoms with van der Waals surface area (Å²) in [4.78, 5) is 45.2. The lowest BCUT2D eigenvalue weighted by molar-refractivity contribution is -0.151. The molecule has 0 spiro atoms. The minimum atomic E-state index is -0.811. The molecule has 0 aliphatic carbocycles. The van der Waals surface area contributed by atoms with Gasteiger partial charge in [0, 0.05) is 12.8 Å². The van der Waals surface area contributed by atoms with Crippen LogP contribution in [0.5, 0.6) is 0 Å². The summed E-state index contributed by atoms with van der Waals surface area (Å²) in [7, 11) is 0. The number of aliphatic carboxylic acids is 1. The van der Waals surface area contributed by atoms with E-state index in [9.17, 15) is 19.2 Å². The summed E-state index contributed by atoms with van der Waals surface area (Å²) in [6.07, 6.45) is 15.2. The Bertz CT molecular complexity index is 646. The predicted octanol–water partition coefficient (Wildman–Crippen LogP) is 8.68. The number of ether oxygens (including phenoxy) is 3. The van der Waals surface area contributed by atoms with Crippen molar-refractivity contribution in [3.05, 3.63) is 0 Å². The van der Waals surface area contributed by atoms with E-state index in [4.69, 9.17) is 19.3 Å². The fraction of sp³-hybridized carbons (Fsp3) is 0.882. The molecule has 3 unspecified atom stereocenters. The van der Waals surface area contributed by atoms with Crippen LogP contribution in [0.25, 0.3) is 0 Å². The third kappa shape index (κ3) is 28.0. The second kappa shape index (κ2) is 30.3. The van der Waals surface area contributed by atoms with Crippen LogP contribution in [-0.4, -0.2) is 48.8 Å². The van der Waals surface area contributed by atoms with E-state index in [1.165, 1.54) is 25.7 Å². The maximum atomic E-state index is 11.7. The van der Waals surface area contributed by atoms with Crippen LogP contribution in [0.15, 0.2) is 0 Å². The van der Waals surface area contributed by atoms with E-state index in [2.05, 4.69) is 41.5 Å². The monoisotopic (exact) mass is 600 g/mol. The van der Waals surface area contributed by atoms with Crippen molar-refractivity contribution in [2.24, 2.45) is 17.8 Å². The van der Waals surface area contributed by atoms with Gasteiger partial charge in [-0.3, -0.25) is 19.2 Å². The average molecular weight is 601 g/mol. The van der Waals surface area contributed by atoms with Crippen LogP contribution in [0.4, 0.5) is 0 Å². The van der Waals surface area contributed by atoms with Crippen LogP contribution in [0, 0.1) is 17.8 Å². The van der Waals surface area contributed by atoms with Gasteiger partial charge in [0.2, 0.25) is 0 Å². The third-order valence-electron chi connectivity index (χ3n) is 7.62. The molecule has 8 heteroatoms. The summed E-state index contributed by atoms with van der Waals surface area (Å²) in [5.74, 6) is -0.258. The van der Waals surface area contributed by atoms with Crippen LogP contribution >= 0.6 is 0 Å². The fourth-order valence-electron chi connectivity index (χ4n) is 4.29. The molecule has 8 nitrogen and oxygen atoms in total. The molecular weight excluding hydrogens is 536 g/mol. The molecule has 0 radical (unpaired) electrons. The molecule has 0 aliphatic rings. The van der Waals surface area contributed by atoms with E-state index < -0.39 is 5.97 Å². The Labute approximate surface area is 257 Å². The molecule has 0 saturated heterocycles. The van der Waals surface area contributed by atoms with E-state index in [0.29, 0.717) is 56.8 Å². The normalized spacial score (nSPS) is 12.8. The Morgan fingerprint density at radius 1 is 0.476 bits per heavy atom. The average Bonchev–Trinajstić information content (AvgIpc) is 2.98. The van der Waals surface area contributed by atoms with Gasteiger partial charge in [-0.2, -0.15) is 0 Å². The maximum absolute atomic E-state index is 11.7. The first-order valence-electron chi connectivity index (χ1n) is 16.8. The van der Waals surface area contributed by atoms with E-state index in [1.54, 1.807) is 0 Å². The second-order valence-electron chi connectivity index (χ2n) is 11.4. The first-order chi connectivity index (χ1) is 20.2. The van der Waals surface area contributed by atoms with Crippen molar-refractivity contribution in [1.29, 1.82) is 0 Å². The number of carbonyl (C=O) groups is 4. The third-order valence-corrected chi connectivity index (χ3v) is 7.62. The molecule has 0 fully saturated rings. The van der Waals surface area contributed by atoms with Gasteiger partial charge >= 0.3 is 23.9 Å². The molecule has 0 saturated carbocycles. The zero-order valence-electron chi connectivity index (χ0n) is 27.9. The van der Waals surface area contributed by atoms with Crippen LogP contribution in [0.1, 0.15) is 157 Å². The molecule has 0 rings (SSSR count). The predicted molar refractivity (Wildman–Crippen MR) is 168 cm³/mol. The summed E-state index contributed by atoms with van der Waals surface area (Å²) >= 11 is 0. The summed E-state index contributed by atoms with van der Waals surface area (Å²) < 4.78 is 15.8. The molecule has 248 valence electrons. The maximum Gasteiger partial charge on any atom is 0.306 e. The number of carbonyl (C=O) groups excluding carboxylic acids is 3. The van der Waals surface area contributed by atoms with Crippen molar-refractivity contribution in [1.82, 2.24) is 0 Å². The Balaban J connectivity index is 0. The van der Waals surface area contributed by atoms with Crippen LogP contribution < -0.4 is 0 Å². The van der Waals surface area contributed by atoms with Gasteiger partial charge in [0.1, 0.15) is 0 Å². The molecule has 1 N–H and O–H groups in total. The lowest BCUT2D eigenvalue weighted by atomic mass is 10.0. The van der Waals surface area contributed by atoms with Crippen molar-refractivity contribution in [2.45, 2.75) is 157 Å². The first kappa shape index (κ1) is 42.0. The van der Waals surface area contributed by atoms with Gasteiger partial charge in [0.15, 0.2) is 0 Å². The molecule has 0 heterocycles. The van der Waals surface area contributed by atoms with Crippen molar-refractivity contribution in [3.63, 3.8) is 0 Å². The lowest BCUT2D eigenvalue weighted by Gasteiger charge is -2.15. The lowest BCUT2D eigenvalue weighted by Crippen LogP contribution is -2.17. The number of unbranched alkanes of at least 4 members (excludes halogenated alkanes) is 4. The Kier molecular flexibility index (Phi) is 30.4.